The average molecular weight is 943 g/mol. The molecule has 2 aromatic rings. The molecule has 56 heavy (non-hydrogen) atoms. The van der Waals surface area contributed by atoms with Gasteiger partial charge in [-0.2, -0.15) is 23.5 Å². The Kier molecular flexibility index (Phi) is 44.5. The summed E-state index contributed by atoms with van der Waals surface area (Å²) < 4.78 is 4.77. The molecular weight excluding hydrogens is 853 g/mol. The molecule has 0 fully saturated rings. The van der Waals surface area contributed by atoms with E-state index in [1.54, 1.807) is 0 Å². The molecule has 0 aliphatic carbocycles. The summed E-state index contributed by atoms with van der Waals surface area (Å²) in [4.78, 5) is 0. The molecule has 0 spiro atoms. The van der Waals surface area contributed by atoms with E-state index in [0.717, 1.165) is 11.5 Å². The number of unbranched alkanes of at least 4 members (excludes halogenated alkanes) is 30. The first-order valence-electron chi connectivity index (χ1n) is 23.9. The molecule has 0 unspecified atom stereocenters. The minimum Gasteiger partial charge on any atom is -1.00 e. The number of hydrogen-bond acceptors (Lipinski definition) is 2. The van der Waals surface area contributed by atoms with Gasteiger partial charge in [0.15, 0.2) is 24.8 Å². The Labute approximate surface area is 379 Å². The second-order valence-electron chi connectivity index (χ2n) is 16.6. The molecule has 0 aliphatic rings. The molecule has 0 aliphatic heterocycles. The van der Waals surface area contributed by atoms with Crippen molar-refractivity contribution < 1.29 is 43.1 Å². The lowest BCUT2D eigenvalue weighted by atomic mass is 10.0. The van der Waals surface area contributed by atoms with Gasteiger partial charge in [-0.3, -0.25) is 0 Å². The molecule has 2 nitrogen and oxygen atoms in total. The van der Waals surface area contributed by atoms with Crippen LogP contribution in [0.25, 0.3) is 0 Å². The fourth-order valence-electron chi connectivity index (χ4n) is 7.65. The van der Waals surface area contributed by atoms with Crippen molar-refractivity contribution in [2.45, 2.75) is 244 Å². The van der Waals surface area contributed by atoms with Gasteiger partial charge in [0.05, 0.1) is 0 Å². The van der Waals surface area contributed by atoms with Crippen molar-refractivity contribution in [2.75, 3.05) is 11.5 Å². The van der Waals surface area contributed by atoms with Gasteiger partial charge in [-0.1, -0.05) is 194 Å². The Bertz CT molecular complexity index is 953. The Morgan fingerprint density at radius 1 is 0.321 bits per heavy atom. The summed E-state index contributed by atoms with van der Waals surface area (Å²) in [5.41, 5.74) is 2.93. The second kappa shape index (κ2) is 44.5. The number of aromatic nitrogens is 2. The first-order chi connectivity index (χ1) is 26.8. The summed E-state index contributed by atoms with van der Waals surface area (Å²) >= 11 is 4.16. The van der Waals surface area contributed by atoms with Gasteiger partial charge in [-0.25, -0.2) is 9.13 Å². The van der Waals surface area contributed by atoms with E-state index in [1.165, 1.54) is 241 Å². The van der Waals surface area contributed by atoms with Crippen LogP contribution in [-0.2, 0) is 24.6 Å². The Hall–Kier alpha value is -0.0400. The minimum absolute atomic E-state index is 0. The van der Waals surface area contributed by atoms with E-state index < -0.39 is 0 Å². The maximum absolute atomic E-state index is 2.39. The molecule has 0 atom stereocenters. The van der Waals surface area contributed by atoms with E-state index in [9.17, 15) is 0 Å². The number of pyridine rings is 2. The molecule has 0 saturated heterocycles. The molecule has 0 bridgehead atoms. The smallest absolute Gasteiger partial charge is 0.169 e. The zero-order valence-electron chi connectivity index (χ0n) is 37.0. The lowest BCUT2D eigenvalue weighted by Gasteiger charge is -2.04. The van der Waals surface area contributed by atoms with Gasteiger partial charge < -0.3 is 34.0 Å². The van der Waals surface area contributed by atoms with Gasteiger partial charge >= 0.3 is 0 Å². The van der Waals surface area contributed by atoms with Crippen molar-refractivity contribution in [2.24, 2.45) is 0 Å². The van der Waals surface area contributed by atoms with Crippen LogP contribution in [-0.4, -0.2) is 11.5 Å². The third-order valence-corrected chi connectivity index (χ3v) is 13.7. The van der Waals surface area contributed by atoms with Crippen molar-refractivity contribution in [3.8, 4) is 0 Å². The van der Waals surface area contributed by atoms with Crippen LogP contribution in [0.2, 0.25) is 0 Å². The molecule has 2 rings (SSSR count). The number of halogens is 2. The van der Waals surface area contributed by atoms with Gasteiger partial charge in [0, 0.05) is 60.1 Å². The lowest BCUT2D eigenvalue weighted by Crippen LogP contribution is -3.00. The number of thioether (sulfide) groups is 2. The SMILES string of the molecule is CCCCCCCCCCCCCCCCCC[n+]1ccc(CSCCSCc2cc[n+](CCCCCCCCCCCCCCCCCC)cc2)cc1.[Br-].[Br-]. The van der Waals surface area contributed by atoms with Crippen LogP contribution in [0.1, 0.15) is 230 Å². The quantitative estimate of drug-likeness (QED) is 0.0485. The molecule has 0 N–H and O–H groups in total. The average Bonchev–Trinajstić information content (AvgIpc) is 3.20. The van der Waals surface area contributed by atoms with Crippen LogP contribution >= 0.6 is 23.5 Å². The van der Waals surface area contributed by atoms with Crippen molar-refractivity contribution >= 4 is 23.5 Å². The fourth-order valence-corrected chi connectivity index (χ4v) is 9.74. The molecule has 6 heteroatoms. The first kappa shape index (κ1) is 56.0. The van der Waals surface area contributed by atoms with Crippen molar-refractivity contribution in [3.63, 3.8) is 0 Å². The van der Waals surface area contributed by atoms with Crippen LogP contribution in [0, 0.1) is 0 Å². The van der Waals surface area contributed by atoms with E-state index in [1.807, 2.05) is 0 Å². The third kappa shape index (κ3) is 35.9. The summed E-state index contributed by atoms with van der Waals surface area (Å²) in [6.07, 6.45) is 55.1. The number of aryl methyl sites for hydroxylation is 2. The summed E-state index contributed by atoms with van der Waals surface area (Å²) in [5, 5.41) is 0. The lowest BCUT2D eigenvalue weighted by molar-refractivity contribution is -0.697. The van der Waals surface area contributed by atoms with E-state index in [2.05, 4.69) is 95.6 Å². The molecule has 2 aromatic heterocycles. The van der Waals surface area contributed by atoms with Gasteiger partial charge in [-0.15, -0.1) is 0 Å². The molecule has 0 radical (unpaired) electrons. The Morgan fingerprint density at radius 3 is 0.768 bits per heavy atom. The molecule has 0 amide bonds. The summed E-state index contributed by atoms with van der Waals surface area (Å²) in [5.74, 6) is 4.71. The second-order valence-corrected chi connectivity index (χ2v) is 18.8. The molecule has 2 heterocycles. The van der Waals surface area contributed by atoms with Gasteiger partial charge in [0.2, 0.25) is 0 Å². The number of rotatable bonds is 41. The van der Waals surface area contributed by atoms with E-state index in [-0.39, 0.29) is 34.0 Å². The summed E-state index contributed by atoms with van der Waals surface area (Å²) in [6, 6.07) is 9.36. The maximum atomic E-state index is 2.39. The van der Waals surface area contributed by atoms with Crippen molar-refractivity contribution in [1.82, 2.24) is 0 Å². The van der Waals surface area contributed by atoms with Gasteiger partial charge in [0.1, 0.15) is 13.1 Å². The Balaban J connectivity index is 0.0000151. The van der Waals surface area contributed by atoms with E-state index in [4.69, 9.17) is 0 Å². The topological polar surface area (TPSA) is 7.76 Å². The van der Waals surface area contributed by atoms with Crippen LogP contribution in [0.15, 0.2) is 49.1 Å². The molecule has 0 saturated carbocycles. The zero-order chi connectivity index (χ0) is 38.3. The van der Waals surface area contributed by atoms with Crippen LogP contribution < -0.4 is 43.1 Å². The van der Waals surface area contributed by atoms with Crippen LogP contribution in [0.3, 0.4) is 0 Å². The highest BCUT2D eigenvalue weighted by Gasteiger charge is 2.04. The highest BCUT2D eigenvalue weighted by atomic mass is 79.9. The van der Waals surface area contributed by atoms with Crippen LogP contribution in [0.4, 0.5) is 0 Å². The minimum atomic E-state index is 0. The highest BCUT2D eigenvalue weighted by Crippen LogP contribution is 2.18. The molecule has 0 aromatic carbocycles. The van der Waals surface area contributed by atoms with E-state index in [0.29, 0.717) is 0 Å². The number of hydrogen-bond donors (Lipinski definition) is 0. The first-order valence-corrected chi connectivity index (χ1v) is 26.2. The number of nitrogens with zero attached hydrogens (tertiary/aromatic N) is 2. The van der Waals surface area contributed by atoms with Gasteiger partial charge in [-0.05, 0) is 24.0 Å². The van der Waals surface area contributed by atoms with E-state index >= 15 is 0 Å². The van der Waals surface area contributed by atoms with Crippen molar-refractivity contribution in [1.29, 1.82) is 0 Å². The van der Waals surface area contributed by atoms with Gasteiger partial charge in [0.25, 0.3) is 0 Å². The highest BCUT2D eigenvalue weighted by molar-refractivity contribution is 8.02. The normalized spacial score (nSPS) is 11.1. The monoisotopic (exact) mass is 940 g/mol. The fraction of sp³-hybridized carbons (Fsp3) is 0.800. The maximum Gasteiger partial charge on any atom is 0.169 e. The predicted octanol–water partition coefficient (Wildman–Crippen LogP) is 9.96. The summed E-state index contributed by atoms with van der Waals surface area (Å²) in [6.45, 7) is 6.95. The third-order valence-electron chi connectivity index (χ3n) is 11.4. The predicted molar refractivity (Wildman–Crippen MR) is 245 cm³/mol. The molecular formula is C50H90Br2N2S2. The zero-order valence-corrected chi connectivity index (χ0v) is 41.8. The Morgan fingerprint density at radius 2 is 0.536 bits per heavy atom. The molecule has 326 valence electrons. The van der Waals surface area contributed by atoms with Crippen LogP contribution in [0.5, 0.6) is 0 Å². The summed E-state index contributed by atoms with van der Waals surface area (Å²) in [7, 11) is 0. The largest absolute Gasteiger partial charge is 1.00 e. The van der Waals surface area contributed by atoms with Crippen molar-refractivity contribution in [3.05, 3.63) is 60.2 Å². The standard InChI is InChI=1S/C50H90N2S2.2BrH/c1-3-5-7-9-11-13-15-17-19-21-23-25-27-29-31-33-39-51-41-35-49(36-42-51)47-53-45-46-54-48-50-37-43-52(44-38-50)40-34-32-30-28-26-24-22-20-18-16-14-12-10-8-6-4-2;;/h35-38,41-44H,3-34,39-40,45-48H2,1-2H3;2*1H/q+2;;/p-2.